The van der Waals surface area contributed by atoms with Gasteiger partial charge < -0.3 is 9.88 Å². The van der Waals surface area contributed by atoms with Crippen LogP contribution < -0.4 is 5.32 Å². The zero-order valence-corrected chi connectivity index (χ0v) is 12.1. The van der Waals surface area contributed by atoms with E-state index in [1.807, 2.05) is 36.4 Å². The molecule has 0 aliphatic heterocycles. The number of nitrogens with zero attached hydrogens (tertiary/aromatic N) is 4. The summed E-state index contributed by atoms with van der Waals surface area (Å²) >= 11 is 0. The summed E-state index contributed by atoms with van der Waals surface area (Å²) in [6, 6.07) is 10.4. The number of aromatic nitrogens is 4. The highest BCUT2D eigenvalue weighted by Crippen LogP contribution is 2.08. The number of hydrogen-bond donors (Lipinski definition) is 1. The van der Waals surface area contributed by atoms with Crippen molar-refractivity contribution in [3.05, 3.63) is 66.5 Å². The smallest absolute Gasteiger partial charge is 0.109 e. The van der Waals surface area contributed by atoms with Crippen molar-refractivity contribution < 1.29 is 0 Å². The Balaban J connectivity index is 1.48. The molecule has 0 unspecified atom stereocenters. The molecule has 108 valence electrons. The van der Waals surface area contributed by atoms with Gasteiger partial charge in [-0.05, 0) is 23.8 Å². The molecule has 0 aliphatic rings. The average Bonchev–Trinajstić information content (AvgIpc) is 3.16. The Bertz CT molecular complexity index is 667. The highest BCUT2D eigenvalue weighted by atomic mass is 15.3. The predicted octanol–water partition coefficient (Wildman–Crippen LogP) is 1.94. The van der Waals surface area contributed by atoms with Crippen LogP contribution in [-0.2, 0) is 20.0 Å². The van der Waals surface area contributed by atoms with E-state index in [4.69, 9.17) is 0 Å². The third kappa shape index (κ3) is 3.38. The van der Waals surface area contributed by atoms with Crippen molar-refractivity contribution in [3.8, 4) is 5.69 Å². The van der Waals surface area contributed by atoms with Crippen LogP contribution in [-0.4, -0.2) is 25.9 Å². The molecule has 0 spiro atoms. The van der Waals surface area contributed by atoms with Gasteiger partial charge in [-0.3, -0.25) is 0 Å². The SMILES string of the molecule is Cn1ccnc1CCNCc1ccc(-n2cccn2)cc1. The third-order valence-electron chi connectivity index (χ3n) is 3.48. The van der Waals surface area contributed by atoms with E-state index in [0.717, 1.165) is 31.0 Å². The maximum Gasteiger partial charge on any atom is 0.109 e. The molecule has 3 aromatic rings. The zero-order chi connectivity index (χ0) is 14.5. The van der Waals surface area contributed by atoms with Crippen LogP contribution in [0.5, 0.6) is 0 Å². The van der Waals surface area contributed by atoms with Gasteiger partial charge in [0.25, 0.3) is 0 Å². The molecule has 5 heteroatoms. The summed E-state index contributed by atoms with van der Waals surface area (Å²) in [4.78, 5) is 4.31. The first-order valence-electron chi connectivity index (χ1n) is 7.09. The van der Waals surface area contributed by atoms with Crippen LogP contribution in [0, 0.1) is 0 Å². The fourth-order valence-electron chi connectivity index (χ4n) is 2.26. The normalized spacial score (nSPS) is 10.9. The highest BCUT2D eigenvalue weighted by Gasteiger charge is 2.00. The molecule has 1 N–H and O–H groups in total. The van der Waals surface area contributed by atoms with E-state index in [1.165, 1.54) is 5.56 Å². The summed E-state index contributed by atoms with van der Waals surface area (Å²) in [5.41, 5.74) is 2.35. The standard InChI is InChI=1S/C16H19N5/c1-20-12-10-18-16(20)7-9-17-13-14-3-5-15(6-4-14)21-11-2-8-19-21/h2-6,8,10-12,17H,7,9,13H2,1H3. The van der Waals surface area contributed by atoms with Gasteiger partial charge >= 0.3 is 0 Å². The van der Waals surface area contributed by atoms with Crippen LogP contribution in [0.25, 0.3) is 5.69 Å². The quantitative estimate of drug-likeness (QED) is 0.702. The van der Waals surface area contributed by atoms with Gasteiger partial charge in [-0.2, -0.15) is 5.10 Å². The Kier molecular flexibility index (Phi) is 4.12. The first-order valence-corrected chi connectivity index (χ1v) is 7.09. The van der Waals surface area contributed by atoms with Crippen molar-refractivity contribution in [2.45, 2.75) is 13.0 Å². The lowest BCUT2D eigenvalue weighted by Gasteiger charge is -2.07. The van der Waals surface area contributed by atoms with Crippen LogP contribution in [0.1, 0.15) is 11.4 Å². The lowest BCUT2D eigenvalue weighted by Crippen LogP contribution is -2.18. The number of nitrogens with one attached hydrogen (secondary N) is 1. The van der Waals surface area contributed by atoms with E-state index >= 15 is 0 Å². The molecule has 0 radical (unpaired) electrons. The molecule has 21 heavy (non-hydrogen) atoms. The second-order valence-corrected chi connectivity index (χ2v) is 5.00. The summed E-state index contributed by atoms with van der Waals surface area (Å²) in [6.45, 7) is 1.79. The van der Waals surface area contributed by atoms with Crippen molar-refractivity contribution >= 4 is 0 Å². The molecule has 0 aliphatic carbocycles. The first kappa shape index (κ1) is 13.6. The summed E-state index contributed by atoms with van der Waals surface area (Å²) in [5.74, 6) is 1.11. The van der Waals surface area contributed by atoms with Crippen molar-refractivity contribution in [1.82, 2.24) is 24.6 Å². The summed E-state index contributed by atoms with van der Waals surface area (Å²) < 4.78 is 3.92. The monoisotopic (exact) mass is 281 g/mol. The number of benzene rings is 1. The van der Waals surface area contributed by atoms with Gasteiger partial charge in [-0.15, -0.1) is 0 Å². The van der Waals surface area contributed by atoms with Crippen LogP contribution >= 0.6 is 0 Å². The fourth-order valence-corrected chi connectivity index (χ4v) is 2.26. The van der Waals surface area contributed by atoms with Crippen LogP contribution in [0.4, 0.5) is 0 Å². The lowest BCUT2D eigenvalue weighted by molar-refractivity contribution is 0.655. The second kappa shape index (κ2) is 6.37. The largest absolute Gasteiger partial charge is 0.338 e. The summed E-state index contributed by atoms with van der Waals surface area (Å²) in [5, 5.41) is 7.67. The topological polar surface area (TPSA) is 47.7 Å². The summed E-state index contributed by atoms with van der Waals surface area (Å²) in [7, 11) is 2.02. The summed E-state index contributed by atoms with van der Waals surface area (Å²) in [6.07, 6.45) is 8.48. The number of aryl methyl sites for hydroxylation is 1. The minimum atomic E-state index is 0.865. The molecule has 1 aromatic carbocycles. The molecule has 0 saturated heterocycles. The second-order valence-electron chi connectivity index (χ2n) is 5.00. The molecule has 5 nitrogen and oxygen atoms in total. The molecular weight excluding hydrogens is 262 g/mol. The maximum atomic E-state index is 4.31. The zero-order valence-electron chi connectivity index (χ0n) is 12.1. The molecule has 2 aromatic heterocycles. The van der Waals surface area contributed by atoms with Crippen LogP contribution in [0.2, 0.25) is 0 Å². The minimum absolute atomic E-state index is 0.865. The van der Waals surface area contributed by atoms with Gasteiger partial charge in [0, 0.05) is 51.3 Å². The van der Waals surface area contributed by atoms with Gasteiger partial charge in [0.2, 0.25) is 0 Å². The molecule has 0 fully saturated rings. The van der Waals surface area contributed by atoms with E-state index in [0.29, 0.717) is 0 Å². The van der Waals surface area contributed by atoms with E-state index < -0.39 is 0 Å². The fraction of sp³-hybridized carbons (Fsp3) is 0.250. The van der Waals surface area contributed by atoms with Gasteiger partial charge in [0.15, 0.2) is 0 Å². The number of hydrogen-bond acceptors (Lipinski definition) is 3. The van der Waals surface area contributed by atoms with Gasteiger partial charge in [0.1, 0.15) is 5.82 Å². The van der Waals surface area contributed by atoms with Crippen LogP contribution in [0.15, 0.2) is 55.1 Å². The van der Waals surface area contributed by atoms with Crippen molar-refractivity contribution in [3.63, 3.8) is 0 Å². The van der Waals surface area contributed by atoms with Gasteiger partial charge in [-0.25, -0.2) is 9.67 Å². The molecule has 3 rings (SSSR count). The van der Waals surface area contributed by atoms with Crippen molar-refractivity contribution in [2.24, 2.45) is 7.05 Å². The Morgan fingerprint density at radius 2 is 1.95 bits per heavy atom. The predicted molar refractivity (Wildman–Crippen MR) is 82.2 cm³/mol. The van der Waals surface area contributed by atoms with Crippen molar-refractivity contribution in [1.29, 1.82) is 0 Å². The molecule has 0 saturated carbocycles. The average molecular weight is 281 g/mol. The lowest BCUT2D eigenvalue weighted by atomic mass is 10.2. The first-order chi connectivity index (χ1) is 10.3. The van der Waals surface area contributed by atoms with Crippen LogP contribution in [0.3, 0.4) is 0 Å². The Hall–Kier alpha value is -2.40. The minimum Gasteiger partial charge on any atom is -0.338 e. The van der Waals surface area contributed by atoms with E-state index in [1.54, 1.807) is 6.20 Å². The third-order valence-corrected chi connectivity index (χ3v) is 3.48. The van der Waals surface area contributed by atoms with E-state index in [-0.39, 0.29) is 0 Å². The Morgan fingerprint density at radius 1 is 1.10 bits per heavy atom. The molecule has 0 bridgehead atoms. The number of imidazole rings is 1. The van der Waals surface area contributed by atoms with Gasteiger partial charge in [-0.1, -0.05) is 12.1 Å². The van der Waals surface area contributed by atoms with E-state index in [9.17, 15) is 0 Å². The molecular formula is C16H19N5. The van der Waals surface area contributed by atoms with Gasteiger partial charge in [0.05, 0.1) is 5.69 Å². The number of rotatable bonds is 6. The Morgan fingerprint density at radius 3 is 2.62 bits per heavy atom. The molecule has 0 atom stereocenters. The van der Waals surface area contributed by atoms with Crippen molar-refractivity contribution in [2.75, 3.05) is 6.54 Å². The highest BCUT2D eigenvalue weighted by molar-refractivity contribution is 5.33. The molecule has 0 amide bonds. The Labute approximate surface area is 124 Å². The molecule has 2 heterocycles. The van der Waals surface area contributed by atoms with E-state index in [2.05, 4.69) is 44.2 Å². The maximum absolute atomic E-state index is 4.31.